The van der Waals surface area contributed by atoms with Gasteiger partial charge in [-0.15, -0.1) is 0 Å². The first kappa shape index (κ1) is 7.39. The Morgan fingerprint density at radius 1 is 1.42 bits per heavy atom. The van der Waals surface area contributed by atoms with Gasteiger partial charge in [-0.25, -0.2) is 9.98 Å². The highest BCUT2D eigenvalue weighted by Gasteiger charge is 2.17. The molecule has 0 radical (unpaired) electrons. The lowest BCUT2D eigenvalue weighted by molar-refractivity contribution is -0.738. The Bertz CT molecular complexity index is 296. The maximum absolute atomic E-state index is 11.2. The van der Waals surface area contributed by atoms with Gasteiger partial charge in [-0.1, -0.05) is 6.07 Å². The number of aliphatic imine (C=N–C) groups is 1. The summed E-state index contributed by atoms with van der Waals surface area (Å²) in [4.78, 5) is 8.15. The molecule has 1 aliphatic heterocycles. The van der Waals surface area contributed by atoms with Crippen molar-refractivity contribution in [2.45, 2.75) is 0 Å². The fourth-order valence-electron chi connectivity index (χ4n) is 1.20. The summed E-state index contributed by atoms with van der Waals surface area (Å²) in [5.41, 5.74) is 0.694. The average Bonchev–Trinajstić information content (AvgIpc) is 2.53. The second-order valence-corrected chi connectivity index (χ2v) is 2.62. The van der Waals surface area contributed by atoms with Crippen molar-refractivity contribution >= 4 is 5.84 Å². The number of hydroxylamine groups is 2. The summed E-state index contributed by atoms with van der Waals surface area (Å²) in [6, 6.07) is 5.49. The molecule has 0 saturated heterocycles. The van der Waals surface area contributed by atoms with Crippen molar-refractivity contribution in [2.24, 2.45) is 4.99 Å². The Morgan fingerprint density at radius 3 is 2.92 bits per heavy atom. The Balaban J connectivity index is 2.31. The fourth-order valence-corrected chi connectivity index (χ4v) is 1.20. The number of hydrogen-bond acceptors (Lipinski definition) is 3. The van der Waals surface area contributed by atoms with Crippen molar-refractivity contribution in [3.63, 3.8) is 0 Å². The van der Waals surface area contributed by atoms with Crippen LogP contribution in [0.5, 0.6) is 0 Å². The smallest absolute Gasteiger partial charge is 0.247 e. The van der Waals surface area contributed by atoms with Crippen LogP contribution in [0.2, 0.25) is 0 Å². The van der Waals surface area contributed by atoms with Crippen LogP contribution in [0, 0.1) is 5.21 Å². The molecule has 1 aliphatic rings. The van der Waals surface area contributed by atoms with Gasteiger partial charge in [0.1, 0.15) is 12.2 Å². The third-order valence-electron chi connectivity index (χ3n) is 1.78. The van der Waals surface area contributed by atoms with E-state index in [1.165, 1.54) is 0 Å². The molecule has 2 rings (SSSR count). The maximum atomic E-state index is 11.2. The zero-order chi connectivity index (χ0) is 8.39. The predicted octanol–water partition coefficient (Wildman–Crippen LogP) is -0.775. The molecule has 4 heteroatoms. The number of amidine groups is 1. The lowest BCUT2D eigenvalue weighted by Gasteiger charge is -2.15. The zero-order valence-electron chi connectivity index (χ0n) is 6.53. The Labute approximate surface area is 70.1 Å². The summed E-state index contributed by atoms with van der Waals surface area (Å²) in [6.07, 6.45) is 1.67. The number of pyridine rings is 1. The maximum Gasteiger partial charge on any atom is 0.247 e. The minimum Gasteiger partial charge on any atom is -0.628 e. The molecule has 0 aliphatic carbocycles. The summed E-state index contributed by atoms with van der Waals surface area (Å²) >= 11 is 0. The topological polar surface area (TPSA) is 52.8 Å². The van der Waals surface area contributed by atoms with Gasteiger partial charge >= 0.3 is 0 Å². The van der Waals surface area contributed by atoms with Gasteiger partial charge < -0.3 is 10.3 Å². The molecule has 62 valence electrons. The summed E-state index contributed by atoms with van der Waals surface area (Å²) in [7, 11) is 0. The SMILES string of the molecule is [O-][NH+]1CCN=C1c1ccccn1. The van der Waals surface area contributed by atoms with E-state index in [0.717, 1.165) is 0 Å². The lowest BCUT2D eigenvalue weighted by Crippen LogP contribution is -3.08. The minimum absolute atomic E-state index is 0.105. The van der Waals surface area contributed by atoms with Crippen LogP contribution in [-0.2, 0) is 0 Å². The third-order valence-corrected chi connectivity index (χ3v) is 1.78. The summed E-state index contributed by atoms with van der Waals surface area (Å²) in [5, 5.41) is 11.3. The fraction of sp³-hybridized carbons (Fsp3) is 0.250. The van der Waals surface area contributed by atoms with Gasteiger partial charge in [0.2, 0.25) is 5.84 Å². The van der Waals surface area contributed by atoms with Gasteiger partial charge in [-0.05, 0) is 12.1 Å². The van der Waals surface area contributed by atoms with Crippen LogP contribution in [-0.4, -0.2) is 23.9 Å². The van der Waals surface area contributed by atoms with E-state index in [1.54, 1.807) is 6.20 Å². The Hall–Kier alpha value is -1.26. The highest BCUT2D eigenvalue weighted by atomic mass is 16.5. The van der Waals surface area contributed by atoms with E-state index in [9.17, 15) is 5.21 Å². The van der Waals surface area contributed by atoms with Crippen LogP contribution >= 0.6 is 0 Å². The van der Waals surface area contributed by atoms with Crippen molar-refractivity contribution in [1.29, 1.82) is 0 Å². The van der Waals surface area contributed by atoms with Crippen LogP contribution in [0.25, 0.3) is 0 Å². The van der Waals surface area contributed by atoms with Crippen molar-refractivity contribution < 1.29 is 5.06 Å². The van der Waals surface area contributed by atoms with E-state index in [0.29, 0.717) is 24.6 Å². The predicted molar refractivity (Wildman–Crippen MR) is 44.8 cm³/mol. The molecule has 0 spiro atoms. The Kier molecular flexibility index (Phi) is 1.85. The van der Waals surface area contributed by atoms with Crippen LogP contribution < -0.4 is 5.06 Å². The minimum atomic E-state index is 0.105. The number of rotatable bonds is 1. The van der Waals surface area contributed by atoms with Crippen molar-refractivity contribution in [2.75, 3.05) is 13.1 Å². The molecule has 2 heterocycles. The van der Waals surface area contributed by atoms with Crippen molar-refractivity contribution in [1.82, 2.24) is 4.98 Å². The number of hydrogen-bond donors (Lipinski definition) is 1. The van der Waals surface area contributed by atoms with Gasteiger partial charge in [0.15, 0.2) is 0 Å². The first-order valence-corrected chi connectivity index (χ1v) is 3.87. The zero-order valence-corrected chi connectivity index (χ0v) is 6.53. The number of nitrogens with zero attached hydrogens (tertiary/aromatic N) is 2. The average molecular weight is 163 g/mol. The molecule has 0 saturated carbocycles. The monoisotopic (exact) mass is 163 g/mol. The van der Waals surface area contributed by atoms with Gasteiger partial charge in [0.25, 0.3) is 0 Å². The van der Waals surface area contributed by atoms with Crippen LogP contribution in [0.1, 0.15) is 5.69 Å². The van der Waals surface area contributed by atoms with Gasteiger partial charge in [0.05, 0.1) is 6.54 Å². The molecular weight excluding hydrogens is 154 g/mol. The number of quaternary nitrogens is 1. The molecule has 12 heavy (non-hydrogen) atoms. The van der Waals surface area contributed by atoms with Gasteiger partial charge in [-0.3, -0.25) is 0 Å². The molecule has 0 amide bonds. The Morgan fingerprint density at radius 2 is 2.33 bits per heavy atom. The van der Waals surface area contributed by atoms with Crippen LogP contribution in [0.3, 0.4) is 0 Å². The van der Waals surface area contributed by atoms with Gasteiger partial charge in [0, 0.05) is 6.20 Å². The van der Waals surface area contributed by atoms with E-state index in [4.69, 9.17) is 0 Å². The highest BCUT2D eigenvalue weighted by Crippen LogP contribution is 1.94. The molecule has 1 atom stereocenters. The van der Waals surface area contributed by atoms with E-state index in [1.807, 2.05) is 18.2 Å². The first-order chi connectivity index (χ1) is 5.88. The van der Waals surface area contributed by atoms with Crippen molar-refractivity contribution in [3.05, 3.63) is 35.3 Å². The number of nitrogens with one attached hydrogen (secondary N) is 1. The van der Waals surface area contributed by atoms with Crippen LogP contribution in [0.15, 0.2) is 29.4 Å². The molecule has 1 aromatic rings. The molecular formula is C8H9N3O. The highest BCUT2D eigenvalue weighted by molar-refractivity contribution is 5.90. The molecule has 1 N–H and O–H groups in total. The summed E-state index contributed by atoms with van der Waals surface area (Å²) < 4.78 is 0. The van der Waals surface area contributed by atoms with E-state index >= 15 is 0 Å². The molecule has 0 fully saturated rings. The molecule has 1 unspecified atom stereocenters. The molecule has 1 aromatic heterocycles. The van der Waals surface area contributed by atoms with Gasteiger partial charge in [-0.2, -0.15) is 0 Å². The van der Waals surface area contributed by atoms with E-state index in [-0.39, 0.29) is 5.06 Å². The number of aromatic nitrogens is 1. The second-order valence-electron chi connectivity index (χ2n) is 2.62. The first-order valence-electron chi connectivity index (χ1n) is 3.87. The summed E-state index contributed by atoms with van der Waals surface area (Å²) in [6.45, 7) is 1.15. The lowest BCUT2D eigenvalue weighted by atomic mass is 10.3. The quantitative estimate of drug-likeness (QED) is 0.552. The van der Waals surface area contributed by atoms with E-state index in [2.05, 4.69) is 9.98 Å². The van der Waals surface area contributed by atoms with Crippen molar-refractivity contribution in [3.8, 4) is 0 Å². The van der Waals surface area contributed by atoms with E-state index < -0.39 is 0 Å². The largest absolute Gasteiger partial charge is 0.628 e. The standard InChI is InChI=1S/C8H9N3O/c12-11-6-5-10-8(11)7-3-1-2-4-9-7/h1-4,11H,5-6H2. The molecule has 0 bridgehead atoms. The third kappa shape index (κ3) is 1.22. The molecule has 0 aromatic carbocycles. The second kappa shape index (κ2) is 3.00. The normalized spacial score (nSPS) is 22.4. The molecule has 4 nitrogen and oxygen atoms in total. The summed E-state index contributed by atoms with van der Waals surface area (Å²) in [5.74, 6) is 0.538. The van der Waals surface area contributed by atoms with Crippen LogP contribution in [0.4, 0.5) is 0 Å².